The summed E-state index contributed by atoms with van der Waals surface area (Å²) in [6, 6.07) is 7.53. The Morgan fingerprint density at radius 2 is 2.13 bits per heavy atom. The average Bonchev–Trinajstić information content (AvgIpc) is 2.91. The topological polar surface area (TPSA) is 82.0 Å². The zero-order valence-corrected chi connectivity index (χ0v) is 13.6. The minimum Gasteiger partial charge on any atom is -0.494 e. The third-order valence-corrected chi connectivity index (χ3v) is 3.95. The number of rotatable bonds is 8. The molecule has 1 fully saturated rings. The number of amides is 1. The molecule has 1 aliphatic rings. The zero-order chi connectivity index (χ0) is 16.7. The molecule has 1 aliphatic heterocycles. The molecule has 6 heteroatoms. The zero-order valence-electron chi connectivity index (χ0n) is 13.6. The van der Waals surface area contributed by atoms with E-state index in [0.717, 1.165) is 17.7 Å². The van der Waals surface area contributed by atoms with Crippen molar-refractivity contribution in [2.75, 3.05) is 26.3 Å². The molecule has 0 aromatic heterocycles. The molecule has 0 unspecified atom stereocenters. The smallest absolute Gasteiger partial charge is 0.234 e. The van der Waals surface area contributed by atoms with E-state index in [2.05, 4.69) is 12.2 Å². The Morgan fingerprint density at radius 3 is 2.78 bits per heavy atom. The second-order valence-corrected chi connectivity index (χ2v) is 5.92. The molecule has 0 spiro atoms. The third kappa shape index (κ3) is 5.49. The molecule has 128 valence electrons. The van der Waals surface area contributed by atoms with Crippen molar-refractivity contribution in [2.24, 2.45) is 0 Å². The van der Waals surface area contributed by atoms with Crippen molar-refractivity contribution in [3.8, 4) is 5.75 Å². The van der Waals surface area contributed by atoms with Crippen molar-refractivity contribution in [2.45, 2.75) is 38.5 Å². The highest BCUT2D eigenvalue weighted by Gasteiger charge is 2.31. The van der Waals surface area contributed by atoms with Crippen LogP contribution in [0.25, 0.3) is 0 Å². The van der Waals surface area contributed by atoms with Crippen molar-refractivity contribution >= 4 is 5.91 Å². The molecule has 1 aromatic rings. The average molecular weight is 322 g/mol. The fourth-order valence-corrected chi connectivity index (χ4v) is 2.71. The molecule has 1 amide bonds. The van der Waals surface area contributed by atoms with Crippen LogP contribution in [0.1, 0.15) is 25.3 Å². The molecule has 0 aliphatic carbocycles. The van der Waals surface area contributed by atoms with E-state index in [9.17, 15) is 15.0 Å². The summed E-state index contributed by atoms with van der Waals surface area (Å²) < 4.78 is 5.52. The number of nitrogens with zero attached hydrogens (tertiary/aromatic N) is 1. The predicted molar refractivity (Wildman–Crippen MR) is 87.1 cm³/mol. The molecule has 1 aromatic carbocycles. The number of nitrogens with one attached hydrogen (secondary N) is 1. The molecule has 0 saturated carbocycles. The van der Waals surface area contributed by atoms with E-state index in [-0.39, 0.29) is 25.1 Å². The lowest BCUT2D eigenvalue weighted by Crippen LogP contribution is -2.41. The number of carbonyl (C=O) groups excluding carboxylic acids is 1. The lowest BCUT2D eigenvalue weighted by Gasteiger charge is -2.21. The highest BCUT2D eigenvalue weighted by Crippen LogP contribution is 2.17. The predicted octanol–water partition coefficient (Wildman–Crippen LogP) is 0.519. The molecular formula is C17H26N2O4. The summed E-state index contributed by atoms with van der Waals surface area (Å²) in [5.41, 5.74) is 1.00. The summed E-state index contributed by atoms with van der Waals surface area (Å²) in [6.07, 6.45) is 1.02. The maximum absolute atomic E-state index is 12.0. The van der Waals surface area contributed by atoms with Crippen LogP contribution in [0.4, 0.5) is 0 Å². The van der Waals surface area contributed by atoms with Gasteiger partial charge in [-0.3, -0.25) is 9.69 Å². The van der Waals surface area contributed by atoms with Crippen LogP contribution in [-0.2, 0) is 11.3 Å². The van der Waals surface area contributed by atoms with Crippen LogP contribution in [-0.4, -0.2) is 59.5 Å². The van der Waals surface area contributed by atoms with Gasteiger partial charge in [0.25, 0.3) is 0 Å². The summed E-state index contributed by atoms with van der Waals surface area (Å²) >= 11 is 0. The number of hydrogen-bond acceptors (Lipinski definition) is 5. The monoisotopic (exact) mass is 322 g/mol. The number of ether oxygens (including phenoxy) is 1. The normalized spacial score (nSPS) is 21.3. The van der Waals surface area contributed by atoms with Gasteiger partial charge in [0.15, 0.2) is 0 Å². The van der Waals surface area contributed by atoms with Crippen LogP contribution >= 0.6 is 0 Å². The van der Waals surface area contributed by atoms with Gasteiger partial charge in [-0.2, -0.15) is 0 Å². The van der Waals surface area contributed by atoms with Crippen LogP contribution in [0, 0.1) is 0 Å². The van der Waals surface area contributed by atoms with Gasteiger partial charge in [0, 0.05) is 19.1 Å². The van der Waals surface area contributed by atoms with Gasteiger partial charge in [-0.25, -0.2) is 0 Å². The van der Waals surface area contributed by atoms with Gasteiger partial charge in [0.05, 0.1) is 25.9 Å². The molecule has 2 atom stereocenters. The van der Waals surface area contributed by atoms with Crippen LogP contribution < -0.4 is 10.1 Å². The maximum atomic E-state index is 12.0. The third-order valence-electron chi connectivity index (χ3n) is 3.95. The maximum Gasteiger partial charge on any atom is 0.234 e. The number of carbonyl (C=O) groups is 1. The largest absolute Gasteiger partial charge is 0.494 e. The van der Waals surface area contributed by atoms with Crippen LogP contribution in [0.3, 0.4) is 0 Å². The van der Waals surface area contributed by atoms with E-state index in [1.54, 1.807) is 0 Å². The van der Waals surface area contributed by atoms with Crippen molar-refractivity contribution in [3.05, 3.63) is 29.8 Å². The number of aliphatic hydroxyl groups is 2. The first-order valence-electron chi connectivity index (χ1n) is 8.13. The lowest BCUT2D eigenvalue weighted by molar-refractivity contribution is -0.122. The van der Waals surface area contributed by atoms with Gasteiger partial charge in [-0.05, 0) is 30.5 Å². The van der Waals surface area contributed by atoms with Gasteiger partial charge in [-0.1, -0.05) is 19.1 Å². The molecule has 1 heterocycles. The van der Waals surface area contributed by atoms with Gasteiger partial charge < -0.3 is 20.3 Å². The Kier molecular flexibility index (Phi) is 6.83. The molecule has 2 rings (SSSR count). The first kappa shape index (κ1) is 17.7. The van der Waals surface area contributed by atoms with Gasteiger partial charge in [0.2, 0.25) is 5.91 Å². The van der Waals surface area contributed by atoms with E-state index < -0.39 is 6.10 Å². The number of benzene rings is 1. The second-order valence-electron chi connectivity index (χ2n) is 5.92. The Bertz CT molecular complexity index is 492. The summed E-state index contributed by atoms with van der Waals surface area (Å²) in [5.74, 6) is 0.725. The highest BCUT2D eigenvalue weighted by atomic mass is 16.5. The number of β-amino-alcohol motifs (C(OH)–C–C–N with tert-alkyl or cyclic N) is 1. The molecular weight excluding hydrogens is 296 g/mol. The van der Waals surface area contributed by atoms with E-state index in [4.69, 9.17) is 4.74 Å². The first-order chi connectivity index (χ1) is 11.1. The van der Waals surface area contributed by atoms with E-state index in [0.29, 0.717) is 26.1 Å². The van der Waals surface area contributed by atoms with Crippen molar-refractivity contribution < 1.29 is 19.7 Å². The Morgan fingerprint density at radius 1 is 1.39 bits per heavy atom. The van der Waals surface area contributed by atoms with Gasteiger partial charge in [0.1, 0.15) is 5.75 Å². The SMILES string of the molecule is CCCOc1ccc(CNC(=O)CN2C[C@H](O)C[C@H]2CO)cc1. The van der Waals surface area contributed by atoms with Crippen molar-refractivity contribution in [1.29, 1.82) is 0 Å². The van der Waals surface area contributed by atoms with Gasteiger partial charge >= 0.3 is 0 Å². The van der Waals surface area contributed by atoms with Crippen LogP contribution in [0.15, 0.2) is 24.3 Å². The Balaban J connectivity index is 1.75. The van der Waals surface area contributed by atoms with Crippen LogP contribution in [0.5, 0.6) is 5.75 Å². The molecule has 3 N–H and O–H groups in total. The van der Waals surface area contributed by atoms with E-state index in [1.807, 2.05) is 29.2 Å². The molecule has 0 bridgehead atoms. The van der Waals surface area contributed by atoms with Crippen molar-refractivity contribution in [1.82, 2.24) is 10.2 Å². The first-order valence-corrected chi connectivity index (χ1v) is 8.13. The summed E-state index contributed by atoms with van der Waals surface area (Å²) in [7, 11) is 0. The van der Waals surface area contributed by atoms with E-state index in [1.165, 1.54) is 0 Å². The fraction of sp³-hybridized carbons (Fsp3) is 0.588. The highest BCUT2D eigenvalue weighted by molar-refractivity contribution is 5.78. The molecule has 23 heavy (non-hydrogen) atoms. The van der Waals surface area contributed by atoms with Gasteiger partial charge in [-0.15, -0.1) is 0 Å². The number of aliphatic hydroxyl groups excluding tert-OH is 2. The molecule has 1 saturated heterocycles. The van der Waals surface area contributed by atoms with Crippen molar-refractivity contribution in [3.63, 3.8) is 0 Å². The number of likely N-dealkylation sites (tertiary alicyclic amines) is 1. The van der Waals surface area contributed by atoms with E-state index >= 15 is 0 Å². The standard InChI is InChI=1S/C17H26N2O4/c1-2-7-23-16-5-3-13(4-6-16)9-18-17(22)11-19-10-15(21)8-14(19)12-20/h3-6,14-15,20-21H,2,7-12H2,1H3,(H,18,22)/t14-,15+/m0/s1. The quantitative estimate of drug-likeness (QED) is 0.650. The fourth-order valence-electron chi connectivity index (χ4n) is 2.71. The second kappa shape index (κ2) is 8.86. The Hall–Kier alpha value is -1.63. The lowest BCUT2D eigenvalue weighted by atomic mass is 10.2. The number of hydrogen-bond donors (Lipinski definition) is 3. The molecule has 0 radical (unpaired) electrons. The minimum absolute atomic E-state index is 0.0381. The van der Waals surface area contributed by atoms with Crippen LogP contribution in [0.2, 0.25) is 0 Å². The minimum atomic E-state index is -0.462. The summed E-state index contributed by atoms with van der Waals surface area (Å²) in [4.78, 5) is 13.8. The Labute approximate surface area is 137 Å². The molecule has 6 nitrogen and oxygen atoms in total. The summed E-state index contributed by atoms with van der Waals surface area (Å²) in [5, 5.41) is 21.7. The summed E-state index contributed by atoms with van der Waals surface area (Å²) in [6.45, 7) is 3.80.